The van der Waals surface area contributed by atoms with E-state index in [4.69, 9.17) is 0 Å². The number of nitrogens with zero attached hydrogens (tertiary/aromatic N) is 2. The molecule has 140 valence electrons. The molecule has 1 aliphatic rings. The molecule has 1 fully saturated rings. The molecule has 2 atom stereocenters. The Morgan fingerprint density at radius 1 is 1.23 bits per heavy atom. The number of anilines is 2. The number of nitrogens with one attached hydrogen (secondary N) is 2. The third-order valence-electron chi connectivity index (χ3n) is 4.80. The molecule has 1 aromatic heterocycles. The highest BCUT2D eigenvalue weighted by Crippen LogP contribution is 2.28. The highest BCUT2D eigenvalue weighted by atomic mass is 32.2. The number of carbonyl (C=O) groups is 1. The highest BCUT2D eigenvalue weighted by Gasteiger charge is 2.22. The molecule has 2 N–H and O–H groups in total. The third-order valence-corrected chi connectivity index (χ3v) is 6.78. The number of thioether (sulfide) groups is 1. The molecule has 2 aromatic rings. The summed E-state index contributed by atoms with van der Waals surface area (Å²) >= 11 is 2.92. The summed E-state index contributed by atoms with van der Waals surface area (Å²) in [4.78, 5) is 12.2. The second-order valence-electron chi connectivity index (χ2n) is 6.77. The zero-order chi connectivity index (χ0) is 18.4. The molecule has 0 aliphatic heterocycles. The Labute approximate surface area is 163 Å². The molecule has 1 aliphatic carbocycles. The van der Waals surface area contributed by atoms with E-state index in [9.17, 15) is 4.79 Å². The van der Waals surface area contributed by atoms with E-state index in [1.54, 1.807) is 0 Å². The number of hydrogen-bond acceptors (Lipinski definition) is 6. The Hall–Kier alpha value is -1.60. The van der Waals surface area contributed by atoms with Gasteiger partial charge in [0.2, 0.25) is 11.0 Å². The highest BCUT2D eigenvalue weighted by molar-refractivity contribution is 8.01. The van der Waals surface area contributed by atoms with Crippen molar-refractivity contribution in [3.63, 3.8) is 0 Å². The first-order chi connectivity index (χ1) is 12.6. The molecule has 3 rings (SSSR count). The Morgan fingerprint density at radius 2 is 2.00 bits per heavy atom. The maximum Gasteiger partial charge on any atom is 0.230 e. The van der Waals surface area contributed by atoms with Gasteiger partial charge in [-0.25, -0.2) is 0 Å². The van der Waals surface area contributed by atoms with Crippen LogP contribution in [0, 0.1) is 5.92 Å². The van der Waals surface area contributed by atoms with E-state index in [-0.39, 0.29) is 5.91 Å². The molecule has 0 bridgehead atoms. The fraction of sp³-hybridized carbons (Fsp3) is 0.526. The van der Waals surface area contributed by atoms with Crippen LogP contribution in [0.4, 0.5) is 10.8 Å². The van der Waals surface area contributed by atoms with Crippen LogP contribution in [-0.2, 0) is 11.2 Å². The minimum absolute atomic E-state index is 0.0913. The first-order valence-corrected chi connectivity index (χ1v) is 11.1. The molecule has 5 nitrogen and oxygen atoms in total. The third kappa shape index (κ3) is 5.45. The summed E-state index contributed by atoms with van der Waals surface area (Å²) in [7, 11) is 0. The van der Waals surface area contributed by atoms with E-state index in [2.05, 4.69) is 46.8 Å². The minimum atomic E-state index is 0.0913. The van der Waals surface area contributed by atoms with Crippen LogP contribution in [0.15, 0.2) is 28.6 Å². The molecular formula is C19H26N4OS2. The van der Waals surface area contributed by atoms with E-state index >= 15 is 0 Å². The van der Waals surface area contributed by atoms with Crippen molar-refractivity contribution in [2.24, 2.45) is 5.92 Å². The number of rotatable bonds is 7. The van der Waals surface area contributed by atoms with Gasteiger partial charge in [-0.05, 0) is 42.9 Å². The van der Waals surface area contributed by atoms with E-state index in [0.29, 0.717) is 17.7 Å². The Balaban J connectivity index is 1.46. The Kier molecular flexibility index (Phi) is 6.91. The molecule has 0 radical (unpaired) electrons. The molecule has 1 aromatic carbocycles. The zero-order valence-corrected chi connectivity index (χ0v) is 17.0. The van der Waals surface area contributed by atoms with Gasteiger partial charge in [-0.15, -0.1) is 10.2 Å². The topological polar surface area (TPSA) is 66.9 Å². The maximum atomic E-state index is 12.2. The summed E-state index contributed by atoms with van der Waals surface area (Å²) in [6, 6.07) is 8.64. The molecular weight excluding hydrogens is 364 g/mol. The van der Waals surface area contributed by atoms with Crippen molar-refractivity contribution in [1.82, 2.24) is 15.5 Å². The van der Waals surface area contributed by atoms with Gasteiger partial charge in [0.05, 0.1) is 5.75 Å². The lowest BCUT2D eigenvalue weighted by atomic mass is 9.86. The summed E-state index contributed by atoms with van der Waals surface area (Å²) in [6.45, 7) is 4.37. The first kappa shape index (κ1) is 19.2. The van der Waals surface area contributed by atoms with Crippen LogP contribution in [-0.4, -0.2) is 27.9 Å². The van der Waals surface area contributed by atoms with Gasteiger partial charge in [-0.2, -0.15) is 0 Å². The fourth-order valence-electron chi connectivity index (χ4n) is 3.17. The van der Waals surface area contributed by atoms with E-state index in [1.165, 1.54) is 47.9 Å². The van der Waals surface area contributed by atoms with Gasteiger partial charge in [0.15, 0.2) is 4.34 Å². The van der Waals surface area contributed by atoms with Gasteiger partial charge in [-0.3, -0.25) is 4.79 Å². The number of carbonyl (C=O) groups excluding carboxylic acids is 1. The van der Waals surface area contributed by atoms with Crippen molar-refractivity contribution in [1.29, 1.82) is 0 Å². The lowest BCUT2D eigenvalue weighted by Crippen LogP contribution is -2.41. The number of aryl methyl sites for hydroxylation is 1. The molecule has 0 saturated heterocycles. The van der Waals surface area contributed by atoms with E-state index in [1.807, 2.05) is 12.1 Å². The Bertz CT molecular complexity index is 717. The molecule has 1 saturated carbocycles. The molecule has 0 unspecified atom stereocenters. The smallest absolute Gasteiger partial charge is 0.230 e. The van der Waals surface area contributed by atoms with Gasteiger partial charge in [0.1, 0.15) is 0 Å². The predicted octanol–water partition coefficient (Wildman–Crippen LogP) is 4.63. The molecule has 7 heteroatoms. The fourth-order valence-corrected chi connectivity index (χ4v) is 4.76. The number of hydrogen-bond donors (Lipinski definition) is 2. The maximum absolute atomic E-state index is 12.2. The van der Waals surface area contributed by atoms with Gasteiger partial charge in [0.25, 0.3) is 0 Å². The van der Waals surface area contributed by atoms with Gasteiger partial charge in [0, 0.05) is 11.7 Å². The molecule has 26 heavy (non-hydrogen) atoms. The number of amides is 1. The van der Waals surface area contributed by atoms with Crippen LogP contribution in [0.2, 0.25) is 0 Å². The summed E-state index contributed by atoms with van der Waals surface area (Å²) < 4.78 is 0.810. The minimum Gasteiger partial charge on any atom is -0.352 e. The second kappa shape index (κ2) is 9.37. The zero-order valence-electron chi connectivity index (χ0n) is 15.3. The monoisotopic (exact) mass is 390 g/mol. The predicted molar refractivity (Wildman–Crippen MR) is 109 cm³/mol. The average Bonchev–Trinajstić information content (AvgIpc) is 3.10. The van der Waals surface area contributed by atoms with Crippen LogP contribution < -0.4 is 10.6 Å². The molecule has 0 spiro atoms. The second-order valence-corrected chi connectivity index (χ2v) is 8.97. The lowest BCUT2D eigenvalue weighted by molar-refractivity contribution is -0.119. The van der Waals surface area contributed by atoms with Crippen molar-refractivity contribution < 1.29 is 4.79 Å². The van der Waals surface area contributed by atoms with Crippen molar-refractivity contribution in [3.05, 3.63) is 29.8 Å². The van der Waals surface area contributed by atoms with Crippen molar-refractivity contribution >= 4 is 39.8 Å². The largest absolute Gasteiger partial charge is 0.352 e. The average molecular weight is 391 g/mol. The summed E-state index contributed by atoms with van der Waals surface area (Å²) in [6.07, 6.45) is 5.84. The van der Waals surface area contributed by atoms with Crippen LogP contribution in [0.3, 0.4) is 0 Å². The van der Waals surface area contributed by atoms with Crippen molar-refractivity contribution in [2.75, 3.05) is 11.1 Å². The quantitative estimate of drug-likeness (QED) is 0.675. The van der Waals surface area contributed by atoms with Crippen LogP contribution >= 0.6 is 23.1 Å². The van der Waals surface area contributed by atoms with E-state index < -0.39 is 0 Å². The molecule has 1 amide bonds. The first-order valence-electron chi connectivity index (χ1n) is 9.25. The van der Waals surface area contributed by atoms with Gasteiger partial charge >= 0.3 is 0 Å². The summed E-state index contributed by atoms with van der Waals surface area (Å²) in [5.74, 6) is 1.06. The lowest BCUT2D eigenvalue weighted by Gasteiger charge is -2.29. The Morgan fingerprint density at radius 3 is 2.73 bits per heavy atom. The van der Waals surface area contributed by atoms with Crippen LogP contribution in [0.1, 0.15) is 45.1 Å². The number of aromatic nitrogens is 2. The number of benzene rings is 1. The summed E-state index contributed by atoms with van der Waals surface area (Å²) in [5, 5.41) is 15.5. The van der Waals surface area contributed by atoms with Crippen LogP contribution in [0.25, 0.3) is 0 Å². The van der Waals surface area contributed by atoms with Crippen LogP contribution in [0.5, 0.6) is 0 Å². The van der Waals surface area contributed by atoms with Gasteiger partial charge < -0.3 is 10.6 Å². The van der Waals surface area contributed by atoms with Gasteiger partial charge in [-0.1, -0.05) is 61.9 Å². The summed E-state index contributed by atoms with van der Waals surface area (Å²) in [5.41, 5.74) is 2.31. The van der Waals surface area contributed by atoms with Crippen molar-refractivity contribution in [3.8, 4) is 0 Å². The van der Waals surface area contributed by atoms with Crippen molar-refractivity contribution in [2.45, 2.75) is 56.3 Å². The standard InChI is InChI=1S/C19H26N4OS2/c1-3-14-8-10-15(11-9-14)20-18-22-23-19(26-18)25-12-17(24)21-16-7-5-4-6-13(16)2/h8-11,13,16H,3-7,12H2,1-2H3,(H,20,22)(H,21,24)/t13-,16+/m1/s1. The SMILES string of the molecule is CCc1ccc(Nc2nnc(SCC(=O)N[C@H]3CCCC[C@H]3C)s2)cc1. The normalized spacial score (nSPS) is 19.9. The van der Waals surface area contributed by atoms with E-state index in [0.717, 1.165) is 28.0 Å². The molecule has 1 heterocycles.